The molecule has 0 amide bonds. The predicted molar refractivity (Wildman–Crippen MR) is 120 cm³/mol. The van der Waals surface area contributed by atoms with Crippen LogP contribution in [-0.4, -0.2) is 47.2 Å². The van der Waals surface area contributed by atoms with E-state index >= 15 is 0 Å². The molecule has 1 atom stereocenters. The van der Waals surface area contributed by atoms with Crippen LogP contribution in [0, 0.1) is 5.92 Å². The van der Waals surface area contributed by atoms with E-state index in [0.29, 0.717) is 18.1 Å². The number of aliphatic carboxylic acids is 2. The highest BCUT2D eigenvalue weighted by Crippen LogP contribution is 2.47. The predicted octanol–water partition coefficient (Wildman–Crippen LogP) is 4.98. The molecule has 0 aromatic heterocycles. The zero-order valence-electron chi connectivity index (χ0n) is 17.0. The number of hydrogen-bond acceptors (Lipinski definition) is 5. The lowest BCUT2D eigenvalue weighted by molar-refractivity contribution is -0.134. The molecule has 31 heavy (non-hydrogen) atoms. The summed E-state index contributed by atoms with van der Waals surface area (Å²) in [6, 6.07) is 14.5. The van der Waals surface area contributed by atoms with Crippen LogP contribution in [0.15, 0.2) is 64.4 Å². The Kier molecular flexibility index (Phi) is 8.01. The third-order valence-electron chi connectivity index (χ3n) is 5.16. The van der Waals surface area contributed by atoms with Crippen LogP contribution in [0.5, 0.6) is 5.75 Å². The number of ether oxygens (including phenoxy) is 1. The number of carboxylic acid groups (broad SMARTS) is 2. The van der Waals surface area contributed by atoms with Crippen molar-refractivity contribution >= 4 is 35.3 Å². The van der Waals surface area contributed by atoms with Crippen molar-refractivity contribution in [2.24, 2.45) is 5.92 Å². The standard InChI is InChI=1S/C19H20ClNOS.C4H4O4/c1-21-10-8-13(9-11-21)19-15-12-14(20)6-7-17(15)23-18-5-3-2-4-16(18)22-19;5-3(6)1-2-4(7)8/h2-7,12-13,19H,8-11H2,1H3;1-2H,(H,5,6)(H,7,8)/b;2-1-. The molecule has 2 aliphatic rings. The Morgan fingerprint density at radius 1 is 1.06 bits per heavy atom. The number of nitrogens with zero attached hydrogens (tertiary/aromatic N) is 1. The van der Waals surface area contributed by atoms with E-state index in [0.717, 1.165) is 23.9 Å². The Morgan fingerprint density at radius 3 is 2.35 bits per heavy atom. The molecule has 4 rings (SSSR count). The van der Waals surface area contributed by atoms with Crippen molar-refractivity contribution in [3.63, 3.8) is 0 Å². The van der Waals surface area contributed by atoms with E-state index in [-0.39, 0.29) is 6.10 Å². The van der Waals surface area contributed by atoms with Gasteiger partial charge in [-0.2, -0.15) is 0 Å². The number of carboxylic acids is 2. The fraction of sp³-hybridized carbons (Fsp3) is 0.304. The van der Waals surface area contributed by atoms with Crippen LogP contribution >= 0.6 is 23.4 Å². The van der Waals surface area contributed by atoms with Crippen molar-refractivity contribution in [2.75, 3.05) is 20.1 Å². The molecule has 1 saturated heterocycles. The lowest BCUT2D eigenvalue weighted by atomic mass is 9.87. The van der Waals surface area contributed by atoms with Gasteiger partial charge in [-0.3, -0.25) is 0 Å². The van der Waals surface area contributed by atoms with Gasteiger partial charge in [-0.1, -0.05) is 35.5 Å². The van der Waals surface area contributed by atoms with E-state index in [1.807, 2.05) is 12.1 Å². The number of piperidine rings is 1. The molecule has 0 saturated carbocycles. The van der Waals surface area contributed by atoms with E-state index < -0.39 is 11.9 Å². The van der Waals surface area contributed by atoms with Crippen molar-refractivity contribution in [2.45, 2.75) is 28.7 Å². The van der Waals surface area contributed by atoms with Crippen molar-refractivity contribution in [1.82, 2.24) is 4.90 Å². The number of hydrogen-bond donors (Lipinski definition) is 2. The van der Waals surface area contributed by atoms with Crippen LogP contribution in [0.1, 0.15) is 24.5 Å². The van der Waals surface area contributed by atoms with E-state index in [2.05, 4.69) is 42.3 Å². The number of benzene rings is 2. The minimum atomic E-state index is -1.26. The first-order chi connectivity index (χ1) is 14.8. The first-order valence-corrected chi connectivity index (χ1v) is 11.1. The fourth-order valence-electron chi connectivity index (χ4n) is 3.61. The minimum Gasteiger partial charge on any atom is -0.484 e. The highest BCUT2D eigenvalue weighted by molar-refractivity contribution is 7.99. The number of rotatable bonds is 3. The summed E-state index contributed by atoms with van der Waals surface area (Å²) >= 11 is 8.08. The van der Waals surface area contributed by atoms with Crippen LogP contribution in [0.3, 0.4) is 0 Å². The second-order valence-electron chi connectivity index (χ2n) is 7.42. The van der Waals surface area contributed by atoms with E-state index in [1.54, 1.807) is 11.8 Å². The van der Waals surface area contributed by atoms with Gasteiger partial charge in [0.15, 0.2) is 0 Å². The van der Waals surface area contributed by atoms with Gasteiger partial charge in [0, 0.05) is 33.6 Å². The zero-order chi connectivity index (χ0) is 22.4. The summed E-state index contributed by atoms with van der Waals surface area (Å²) in [5, 5.41) is 16.4. The Hall–Kier alpha value is -2.48. The third kappa shape index (κ3) is 6.50. The molecule has 2 aromatic carbocycles. The Labute approximate surface area is 190 Å². The lowest BCUT2D eigenvalue weighted by Crippen LogP contribution is -2.34. The van der Waals surface area contributed by atoms with Gasteiger partial charge < -0.3 is 19.8 Å². The van der Waals surface area contributed by atoms with Crippen LogP contribution in [0.2, 0.25) is 5.02 Å². The first-order valence-electron chi connectivity index (χ1n) is 9.89. The van der Waals surface area contributed by atoms with Gasteiger partial charge in [0.05, 0.1) is 4.90 Å². The summed E-state index contributed by atoms with van der Waals surface area (Å²) in [6.45, 7) is 2.27. The van der Waals surface area contributed by atoms with Crippen molar-refractivity contribution in [1.29, 1.82) is 0 Å². The summed E-state index contributed by atoms with van der Waals surface area (Å²) in [7, 11) is 2.19. The van der Waals surface area contributed by atoms with Gasteiger partial charge in [-0.15, -0.1) is 0 Å². The molecule has 2 heterocycles. The molecule has 0 bridgehead atoms. The van der Waals surface area contributed by atoms with E-state index in [1.165, 1.54) is 28.2 Å². The van der Waals surface area contributed by atoms with Crippen molar-refractivity contribution in [3.8, 4) is 5.75 Å². The summed E-state index contributed by atoms with van der Waals surface area (Å²) in [5.74, 6) is -0.983. The largest absolute Gasteiger partial charge is 0.484 e. The second kappa shape index (κ2) is 10.7. The summed E-state index contributed by atoms with van der Waals surface area (Å²) in [6.07, 6.45) is 3.54. The number of fused-ring (bicyclic) bond motifs is 2. The average molecular weight is 462 g/mol. The molecule has 1 unspecified atom stereocenters. The molecular formula is C23H24ClNO5S. The third-order valence-corrected chi connectivity index (χ3v) is 6.55. The van der Waals surface area contributed by atoms with Crippen LogP contribution in [0.25, 0.3) is 0 Å². The maximum atomic E-state index is 9.55. The van der Waals surface area contributed by atoms with Gasteiger partial charge in [-0.05, 0) is 63.3 Å². The Balaban J connectivity index is 0.000000293. The van der Waals surface area contributed by atoms with Gasteiger partial charge in [0.25, 0.3) is 0 Å². The topological polar surface area (TPSA) is 87.1 Å². The normalized spacial score (nSPS) is 18.7. The summed E-state index contributed by atoms with van der Waals surface area (Å²) in [5.41, 5.74) is 1.24. The quantitative estimate of drug-likeness (QED) is 0.623. The lowest BCUT2D eigenvalue weighted by Gasteiger charge is -2.34. The number of halogens is 1. The summed E-state index contributed by atoms with van der Waals surface area (Å²) < 4.78 is 6.52. The molecule has 6 nitrogen and oxygen atoms in total. The monoisotopic (exact) mass is 461 g/mol. The number of carbonyl (C=O) groups is 2. The van der Waals surface area contributed by atoms with Gasteiger partial charge >= 0.3 is 11.9 Å². The zero-order valence-corrected chi connectivity index (χ0v) is 18.6. The second-order valence-corrected chi connectivity index (χ2v) is 8.94. The molecule has 2 aliphatic heterocycles. The molecule has 0 spiro atoms. The molecule has 2 aromatic rings. The maximum absolute atomic E-state index is 9.55. The van der Waals surface area contributed by atoms with E-state index in [9.17, 15) is 9.59 Å². The van der Waals surface area contributed by atoms with Gasteiger partial charge in [-0.25, -0.2) is 9.59 Å². The Morgan fingerprint density at radius 2 is 1.71 bits per heavy atom. The van der Waals surface area contributed by atoms with Crippen LogP contribution in [0.4, 0.5) is 0 Å². The molecule has 8 heteroatoms. The SMILES string of the molecule is CN1CCC(C2Oc3ccccc3Sc3ccc(Cl)cc32)CC1.O=C(O)/C=C\C(=O)O. The Bertz CT molecular complexity index is 956. The number of likely N-dealkylation sites (tertiary alicyclic amines) is 1. The van der Waals surface area contributed by atoms with Crippen LogP contribution < -0.4 is 4.74 Å². The van der Waals surface area contributed by atoms with Crippen molar-refractivity contribution in [3.05, 3.63) is 65.2 Å². The van der Waals surface area contributed by atoms with Crippen molar-refractivity contribution < 1.29 is 24.5 Å². The highest BCUT2D eigenvalue weighted by Gasteiger charge is 2.32. The maximum Gasteiger partial charge on any atom is 0.328 e. The van der Waals surface area contributed by atoms with E-state index in [4.69, 9.17) is 26.6 Å². The molecule has 0 radical (unpaired) electrons. The number of para-hydroxylation sites is 1. The smallest absolute Gasteiger partial charge is 0.328 e. The average Bonchev–Trinajstić information content (AvgIpc) is 2.90. The summed E-state index contributed by atoms with van der Waals surface area (Å²) in [4.78, 5) is 24.0. The molecule has 1 fully saturated rings. The molecular weight excluding hydrogens is 438 g/mol. The first kappa shape index (κ1) is 23.2. The highest BCUT2D eigenvalue weighted by atomic mass is 35.5. The molecule has 164 valence electrons. The fourth-order valence-corrected chi connectivity index (χ4v) is 4.82. The molecule has 2 N–H and O–H groups in total. The minimum absolute atomic E-state index is 0.0912. The van der Waals surface area contributed by atoms with Gasteiger partial charge in [0.2, 0.25) is 0 Å². The van der Waals surface area contributed by atoms with Crippen LogP contribution in [-0.2, 0) is 9.59 Å². The molecule has 0 aliphatic carbocycles. The van der Waals surface area contributed by atoms with Gasteiger partial charge in [0.1, 0.15) is 11.9 Å².